The minimum atomic E-state index is 0.480. The van der Waals surface area contributed by atoms with E-state index >= 15 is 0 Å². The lowest BCUT2D eigenvalue weighted by Crippen LogP contribution is -2.13. The molecule has 0 saturated carbocycles. The second-order valence-electron chi connectivity index (χ2n) is 2.08. The zero-order valence-corrected chi connectivity index (χ0v) is 4.09. The number of hydrogen-bond acceptors (Lipinski definition) is 2. The minimum absolute atomic E-state index is 0.480. The van der Waals surface area contributed by atoms with Gasteiger partial charge in [0.25, 0.3) is 0 Å². The van der Waals surface area contributed by atoms with Gasteiger partial charge in [0, 0.05) is 6.61 Å². The number of ether oxygens (including phenoxy) is 2. The van der Waals surface area contributed by atoms with E-state index in [1.54, 1.807) is 0 Å². The first-order valence-electron chi connectivity index (χ1n) is 2.70. The van der Waals surface area contributed by atoms with Crippen LogP contribution in [0.5, 0.6) is 0 Å². The van der Waals surface area contributed by atoms with Gasteiger partial charge in [0.05, 0.1) is 12.7 Å². The van der Waals surface area contributed by atoms with E-state index in [-0.39, 0.29) is 0 Å². The summed E-state index contributed by atoms with van der Waals surface area (Å²) in [4.78, 5) is 0. The van der Waals surface area contributed by atoms with Crippen LogP contribution in [0, 0.1) is 0 Å². The van der Waals surface area contributed by atoms with Gasteiger partial charge in [-0.2, -0.15) is 0 Å². The van der Waals surface area contributed by atoms with Crippen LogP contribution in [-0.2, 0) is 9.47 Å². The van der Waals surface area contributed by atoms with Gasteiger partial charge in [0.1, 0.15) is 6.10 Å². The summed E-state index contributed by atoms with van der Waals surface area (Å²) < 4.78 is 10.3. The van der Waals surface area contributed by atoms with E-state index < -0.39 is 0 Å². The summed E-state index contributed by atoms with van der Waals surface area (Å²) in [6.07, 6.45) is 2.17. The number of rotatable bonds is 0. The molecule has 2 rings (SSSR count). The summed E-state index contributed by atoms with van der Waals surface area (Å²) in [5.74, 6) is 0. The molecule has 2 aliphatic rings. The first-order valence-corrected chi connectivity index (χ1v) is 2.70. The maximum absolute atomic E-state index is 5.15. The highest BCUT2D eigenvalue weighted by molar-refractivity contribution is 4.86. The standard InChI is InChI=1S/C5H8O2/c1-2-6-3-5-4(1)7-5/h4-5H,1-3H2. The molecule has 2 heteroatoms. The Labute approximate surface area is 42.4 Å². The fraction of sp³-hybridized carbons (Fsp3) is 1.00. The van der Waals surface area contributed by atoms with E-state index in [2.05, 4.69) is 0 Å². The highest BCUT2D eigenvalue weighted by atomic mass is 16.6. The average molecular weight is 100 g/mol. The van der Waals surface area contributed by atoms with E-state index in [4.69, 9.17) is 9.47 Å². The van der Waals surface area contributed by atoms with Crippen molar-refractivity contribution < 1.29 is 9.47 Å². The van der Waals surface area contributed by atoms with Crippen molar-refractivity contribution in [2.45, 2.75) is 18.6 Å². The molecule has 7 heavy (non-hydrogen) atoms. The van der Waals surface area contributed by atoms with Gasteiger partial charge < -0.3 is 9.47 Å². The Bertz CT molecular complexity index is 72.1. The topological polar surface area (TPSA) is 21.8 Å². The SMILES string of the molecule is C1CC2OC2CO1. The molecule has 2 atom stereocenters. The molecule has 2 heterocycles. The van der Waals surface area contributed by atoms with E-state index in [1.165, 1.54) is 0 Å². The lowest BCUT2D eigenvalue weighted by Gasteiger charge is -2.03. The van der Waals surface area contributed by atoms with Crippen LogP contribution >= 0.6 is 0 Å². The van der Waals surface area contributed by atoms with E-state index in [0.717, 1.165) is 19.6 Å². The summed E-state index contributed by atoms with van der Waals surface area (Å²) in [6, 6.07) is 0. The first kappa shape index (κ1) is 3.87. The Morgan fingerprint density at radius 3 is 2.86 bits per heavy atom. The van der Waals surface area contributed by atoms with Crippen molar-refractivity contribution in [3.05, 3.63) is 0 Å². The third kappa shape index (κ3) is 0.545. The van der Waals surface area contributed by atoms with Gasteiger partial charge in [-0.25, -0.2) is 0 Å². The normalized spacial score (nSPS) is 48.0. The predicted molar refractivity (Wildman–Crippen MR) is 24.1 cm³/mol. The van der Waals surface area contributed by atoms with Crippen molar-refractivity contribution in [2.24, 2.45) is 0 Å². The van der Waals surface area contributed by atoms with Crippen LogP contribution in [-0.4, -0.2) is 25.4 Å². The Kier molecular flexibility index (Phi) is 0.664. The third-order valence-electron chi connectivity index (χ3n) is 1.52. The zero-order chi connectivity index (χ0) is 4.69. The van der Waals surface area contributed by atoms with Crippen LogP contribution in [0.4, 0.5) is 0 Å². The van der Waals surface area contributed by atoms with Gasteiger partial charge in [-0.1, -0.05) is 0 Å². The first-order chi connectivity index (χ1) is 3.47. The summed E-state index contributed by atoms with van der Waals surface area (Å²) in [5.41, 5.74) is 0. The lowest BCUT2D eigenvalue weighted by molar-refractivity contribution is 0.111. The Morgan fingerprint density at radius 2 is 2.29 bits per heavy atom. The minimum Gasteiger partial charge on any atom is -0.379 e. The molecule has 0 N–H and O–H groups in total. The van der Waals surface area contributed by atoms with Crippen LogP contribution in [0.25, 0.3) is 0 Å². The molecule has 0 spiro atoms. The van der Waals surface area contributed by atoms with E-state index in [1.807, 2.05) is 0 Å². The maximum Gasteiger partial charge on any atom is 0.107 e. The zero-order valence-electron chi connectivity index (χ0n) is 4.09. The van der Waals surface area contributed by atoms with Crippen LogP contribution in [0.3, 0.4) is 0 Å². The second-order valence-corrected chi connectivity index (χ2v) is 2.08. The third-order valence-corrected chi connectivity index (χ3v) is 1.52. The van der Waals surface area contributed by atoms with Crippen molar-refractivity contribution in [1.29, 1.82) is 0 Å². The smallest absolute Gasteiger partial charge is 0.107 e. The van der Waals surface area contributed by atoms with Crippen LogP contribution in [0.2, 0.25) is 0 Å². The molecule has 0 aromatic carbocycles. The Balaban J connectivity index is 1.95. The monoisotopic (exact) mass is 100 g/mol. The molecule has 2 fully saturated rings. The molecule has 0 amide bonds. The van der Waals surface area contributed by atoms with E-state index in [0.29, 0.717) is 12.2 Å². The van der Waals surface area contributed by atoms with Gasteiger partial charge in [-0.3, -0.25) is 0 Å². The highest BCUT2D eigenvalue weighted by Gasteiger charge is 2.40. The largest absolute Gasteiger partial charge is 0.379 e. The molecular weight excluding hydrogens is 92.1 g/mol. The fourth-order valence-electron chi connectivity index (χ4n) is 0.979. The summed E-state index contributed by atoms with van der Waals surface area (Å²) in [6.45, 7) is 1.74. The number of epoxide rings is 1. The van der Waals surface area contributed by atoms with Gasteiger partial charge in [-0.05, 0) is 6.42 Å². The summed E-state index contributed by atoms with van der Waals surface area (Å²) >= 11 is 0. The Morgan fingerprint density at radius 1 is 1.29 bits per heavy atom. The molecule has 0 aliphatic carbocycles. The molecular formula is C5H8O2. The lowest BCUT2D eigenvalue weighted by atomic mass is 10.2. The second kappa shape index (κ2) is 1.20. The number of hydrogen-bond donors (Lipinski definition) is 0. The highest BCUT2D eigenvalue weighted by Crippen LogP contribution is 2.28. The van der Waals surface area contributed by atoms with Crippen molar-refractivity contribution in [1.82, 2.24) is 0 Å². The van der Waals surface area contributed by atoms with Crippen molar-refractivity contribution in [3.8, 4) is 0 Å². The molecule has 2 aliphatic heterocycles. The van der Waals surface area contributed by atoms with Gasteiger partial charge >= 0.3 is 0 Å². The maximum atomic E-state index is 5.15. The van der Waals surface area contributed by atoms with Gasteiger partial charge in [0.15, 0.2) is 0 Å². The predicted octanol–water partition coefficient (Wildman–Crippen LogP) is 0.174. The number of fused-ring (bicyclic) bond motifs is 1. The fourth-order valence-corrected chi connectivity index (χ4v) is 0.979. The van der Waals surface area contributed by atoms with Crippen molar-refractivity contribution in [3.63, 3.8) is 0 Å². The molecule has 0 bridgehead atoms. The molecule has 0 radical (unpaired) electrons. The van der Waals surface area contributed by atoms with Crippen molar-refractivity contribution in [2.75, 3.05) is 13.2 Å². The summed E-state index contributed by atoms with van der Waals surface area (Å²) in [7, 11) is 0. The van der Waals surface area contributed by atoms with Crippen LogP contribution < -0.4 is 0 Å². The molecule has 0 aromatic heterocycles. The van der Waals surface area contributed by atoms with E-state index in [9.17, 15) is 0 Å². The van der Waals surface area contributed by atoms with Gasteiger partial charge in [0.2, 0.25) is 0 Å². The van der Waals surface area contributed by atoms with Crippen LogP contribution in [0.15, 0.2) is 0 Å². The Hall–Kier alpha value is -0.0800. The van der Waals surface area contributed by atoms with Gasteiger partial charge in [-0.15, -0.1) is 0 Å². The molecule has 0 aromatic rings. The summed E-state index contributed by atoms with van der Waals surface area (Å²) in [5, 5.41) is 0. The molecule has 2 saturated heterocycles. The molecule has 2 nitrogen and oxygen atoms in total. The van der Waals surface area contributed by atoms with Crippen LogP contribution in [0.1, 0.15) is 6.42 Å². The molecule has 40 valence electrons. The van der Waals surface area contributed by atoms with Crippen molar-refractivity contribution >= 4 is 0 Å². The molecule has 2 unspecified atom stereocenters. The average Bonchev–Trinajstić information content (AvgIpc) is 2.41. The quantitative estimate of drug-likeness (QED) is 0.405.